The maximum atomic E-state index is 12.5. The van der Waals surface area contributed by atoms with Crippen LogP contribution in [0.15, 0.2) is 52.7 Å². The second-order valence-electron chi connectivity index (χ2n) is 6.36. The number of nitro groups is 1. The van der Waals surface area contributed by atoms with E-state index in [0.717, 1.165) is 16.3 Å². The lowest BCUT2D eigenvalue weighted by molar-refractivity contribution is -0.385. The molecule has 0 bridgehead atoms. The average molecular weight is 418 g/mol. The first-order valence-electron chi connectivity index (χ1n) is 8.52. The third kappa shape index (κ3) is 4.61. The van der Waals surface area contributed by atoms with Crippen LogP contribution < -0.4 is 4.72 Å². The summed E-state index contributed by atoms with van der Waals surface area (Å²) in [6.07, 6.45) is 0.452. The van der Waals surface area contributed by atoms with Gasteiger partial charge in [-0.05, 0) is 25.5 Å². The maximum absolute atomic E-state index is 12.5. The van der Waals surface area contributed by atoms with Crippen molar-refractivity contribution in [3.05, 3.63) is 74.8 Å². The summed E-state index contributed by atoms with van der Waals surface area (Å²) >= 11 is 1.52. The Morgan fingerprint density at radius 2 is 1.86 bits per heavy atom. The predicted molar refractivity (Wildman–Crippen MR) is 109 cm³/mol. The molecular formula is C19H19N3O4S2. The summed E-state index contributed by atoms with van der Waals surface area (Å²) in [5.74, 6) is 0. The zero-order chi connectivity index (χ0) is 20.3. The van der Waals surface area contributed by atoms with Gasteiger partial charge in [-0.2, -0.15) is 0 Å². The first-order chi connectivity index (χ1) is 13.3. The molecule has 0 amide bonds. The van der Waals surface area contributed by atoms with Crippen molar-refractivity contribution in [2.45, 2.75) is 25.2 Å². The van der Waals surface area contributed by atoms with E-state index in [4.69, 9.17) is 0 Å². The number of non-ortho nitro benzene ring substituents is 1. The molecule has 0 saturated heterocycles. The van der Waals surface area contributed by atoms with Crippen LogP contribution >= 0.6 is 11.3 Å². The van der Waals surface area contributed by atoms with Crippen molar-refractivity contribution in [1.29, 1.82) is 0 Å². The Labute approximate surface area is 167 Å². The number of hydrogen-bond donors (Lipinski definition) is 1. The smallest absolute Gasteiger partial charge is 0.258 e. The second-order valence-corrected chi connectivity index (χ2v) is 8.96. The molecule has 2 aromatic carbocycles. The van der Waals surface area contributed by atoms with E-state index in [1.165, 1.54) is 42.0 Å². The van der Waals surface area contributed by atoms with Gasteiger partial charge in [0.2, 0.25) is 10.0 Å². The molecule has 0 aliphatic rings. The van der Waals surface area contributed by atoms with Gasteiger partial charge in [0.05, 0.1) is 15.5 Å². The van der Waals surface area contributed by atoms with E-state index in [1.807, 2.05) is 36.6 Å². The highest BCUT2D eigenvalue weighted by molar-refractivity contribution is 7.89. The molecule has 0 unspecified atom stereocenters. The summed E-state index contributed by atoms with van der Waals surface area (Å²) in [4.78, 5) is 14.8. The zero-order valence-electron chi connectivity index (χ0n) is 15.4. The predicted octanol–water partition coefficient (Wildman–Crippen LogP) is 3.86. The second kappa shape index (κ2) is 8.17. The molecule has 1 N–H and O–H groups in total. The molecule has 3 rings (SSSR count). The van der Waals surface area contributed by atoms with Gasteiger partial charge in [-0.25, -0.2) is 18.1 Å². The highest BCUT2D eigenvalue weighted by Crippen LogP contribution is 2.24. The van der Waals surface area contributed by atoms with Gasteiger partial charge in [0, 0.05) is 36.0 Å². The third-order valence-corrected chi connectivity index (χ3v) is 6.74. The van der Waals surface area contributed by atoms with E-state index < -0.39 is 14.9 Å². The first kappa shape index (κ1) is 20.1. The van der Waals surface area contributed by atoms with Crippen molar-refractivity contribution < 1.29 is 13.3 Å². The van der Waals surface area contributed by atoms with Gasteiger partial charge in [0.25, 0.3) is 5.69 Å². The Balaban J connectivity index is 1.64. The molecule has 0 saturated carbocycles. The molecule has 0 fully saturated rings. The topological polar surface area (TPSA) is 102 Å². The molecule has 7 nitrogen and oxygen atoms in total. The number of benzene rings is 2. The molecule has 0 atom stereocenters. The summed E-state index contributed by atoms with van der Waals surface area (Å²) in [6, 6.07) is 11.8. The van der Waals surface area contributed by atoms with Crippen LogP contribution in [-0.4, -0.2) is 24.9 Å². The monoisotopic (exact) mass is 417 g/mol. The van der Waals surface area contributed by atoms with Crippen LogP contribution in [0.4, 0.5) is 5.69 Å². The zero-order valence-corrected chi connectivity index (χ0v) is 17.0. The summed E-state index contributed by atoms with van der Waals surface area (Å²) in [5.41, 5.74) is 3.21. The van der Waals surface area contributed by atoms with Crippen molar-refractivity contribution in [3.63, 3.8) is 0 Å². The average Bonchev–Trinajstić information content (AvgIpc) is 3.10. The summed E-state index contributed by atoms with van der Waals surface area (Å²) in [5, 5.41) is 13.6. The molecule has 3 aromatic rings. The van der Waals surface area contributed by atoms with Crippen LogP contribution in [0.25, 0.3) is 10.6 Å². The summed E-state index contributed by atoms with van der Waals surface area (Å²) < 4.78 is 27.5. The molecule has 146 valence electrons. The fourth-order valence-corrected chi connectivity index (χ4v) is 4.81. The van der Waals surface area contributed by atoms with Crippen molar-refractivity contribution in [1.82, 2.24) is 9.71 Å². The van der Waals surface area contributed by atoms with E-state index >= 15 is 0 Å². The number of aryl methyl sites for hydroxylation is 2. The van der Waals surface area contributed by atoms with Crippen LogP contribution in [-0.2, 0) is 16.4 Å². The Hall–Kier alpha value is -2.62. The minimum Gasteiger partial charge on any atom is -0.258 e. The lowest BCUT2D eigenvalue weighted by Gasteiger charge is -2.08. The minimum absolute atomic E-state index is 0.0386. The summed E-state index contributed by atoms with van der Waals surface area (Å²) in [6.45, 7) is 3.75. The van der Waals surface area contributed by atoms with Gasteiger partial charge in [0.15, 0.2) is 0 Å². The van der Waals surface area contributed by atoms with E-state index in [0.29, 0.717) is 12.0 Å². The number of hydrogen-bond acceptors (Lipinski definition) is 6. The van der Waals surface area contributed by atoms with E-state index in [2.05, 4.69) is 9.71 Å². The number of nitrogens with one attached hydrogen (secondary N) is 1. The molecular weight excluding hydrogens is 398 g/mol. The largest absolute Gasteiger partial charge is 0.269 e. The number of thiazole rings is 1. The number of nitro benzene ring substituents is 1. The third-order valence-electron chi connectivity index (χ3n) is 4.18. The van der Waals surface area contributed by atoms with E-state index in [9.17, 15) is 18.5 Å². The summed E-state index contributed by atoms with van der Waals surface area (Å²) in [7, 11) is -3.75. The van der Waals surface area contributed by atoms with Gasteiger partial charge < -0.3 is 0 Å². The molecule has 0 aliphatic heterocycles. The number of aromatic nitrogens is 1. The highest BCUT2D eigenvalue weighted by Gasteiger charge is 2.19. The normalized spacial score (nSPS) is 11.5. The van der Waals surface area contributed by atoms with Gasteiger partial charge in [-0.15, -0.1) is 11.3 Å². The molecule has 1 heterocycles. The van der Waals surface area contributed by atoms with E-state index in [-0.39, 0.29) is 17.1 Å². The Bertz CT molecular complexity index is 1110. The standard InChI is InChI=1S/C19H19N3O4S2/c1-13-3-5-15(6-4-13)19-21-16(12-27-19)9-10-20-28(25,26)18-8-7-17(22(23)24)11-14(18)2/h3-8,11-12,20H,9-10H2,1-2H3. The van der Waals surface area contributed by atoms with Crippen molar-refractivity contribution >= 4 is 27.0 Å². The fraction of sp³-hybridized carbons (Fsp3) is 0.211. The molecule has 0 radical (unpaired) electrons. The van der Waals surface area contributed by atoms with Gasteiger partial charge >= 0.3 is 0 Å². The van der Waals surface area contributed by atoms with Gasteiger partial charge in [0.1, 0.15) is 5.01 Å². The molecule has 0 aliphatic carbocycles. The fourth-order valence-electron chi connectivity index (χ4n) is 2.69. The van der Waals surface area contributed by atoms with Crippen molar-refractivity contribution in [2.75, 3.05) is 6.54 Å². The number of rotatable bonds is 7. The number of sulfonamides is 1. The van der Waals surface area contributed by atoms with Gasteiger partial charge in [-0.3, -0.25) is 10.1 Å². The van der Waals surface area contributed by atoms with Crippen molar-refractivity contribution in [3.8, 4) is 10.6 Å². The lowest BCUT2D eigenvalue weighted by Crippen LogP contribution is -2.26. The van der Waals surface area contributed by atoms with Crippen LogP contribution in [0.5, 0.6) is 0 Å². The Morgan fingerprint density at radius 1 is 1.14 bits per heavy atom. The highest BCUT2D eigenvalue weighted by atomic mass is 32.2. The molecule has 1 aromatic heterocycles. The quantitative estimate of drug-likeness (QED) is 0.465. The van der Waals surface area contributed by atoms with Gasteiger partial charge in [-0.1, -0.05) is 29.8 Å². The van der Waals surface area contributed by atoms with Crippen LogP contribution in [0.3, 0.4) is 0 Å². The molecule has 0 spiro atoms. The van der Waals surface area contributed by atoms with Crippen LogP contribution in [0.2, 0.25) is 0 Å². The molecule has 28 heavy (non-hydrogen) atoms. The molecule has 9 heteroatoms. The lowest BCUT2D eigenvalue weighted by atomic mass is 10.2. The van der Waals surface area contributed by atoms with Crippen molar-refractivity contribution in [2.24, 2.45) is 0 Å². The minimum atomic E-state index is -3.75. The maximum Gasteiger partial charge on any atom is 0.269 e. The first-order valence-corrected chi connectivity index (χ1v) is 10.9. The number of nitrogens with zero attached hydrogens (tertiary/aromatic N) is 2. The Morgan fingerprint density at radius 3 is 2.50 bits per heavy atom. The Kier molecular flexibility index (Phi) is 5.87. The SMILES string of the molecule is Cc1ccc(-c2nc(CCNS(=O)(=O)c3ccc([N+](=O)[O-])cc3C)cs2)cc1. The van der Waals surface area contributed by atoms with Crippen LogP contribution in [0.1, 0.15) is 16.8 Å². The van der Waals surface area contributed by atoms with E-state index in [1.54, 1.807) is 0 Å². The van der Waals surface area contributed by atoms with Crippen LogP contribution in [0, 0.1) is 24.0 Å².